The van der Waals surface area contributed by atoms with Gasteiger partial charge < -0.3 is 25.6 Å². The topological polar surface area (TPSA) is 142 Å². The molecular formula is C43H82N2O7. The largest absolute Gasteiger partial charge is 0.480 e. The minimum atomic E-state index is -1.38. The van der Waals surface area contributed by atoms with Crippen LogP contribution in [0.2, 0.25) is 0 Å². The molecule has 0 heterocycles. The van der Waals surface area contributed by atoms with E-state index in [2.05, 4.69) is 24.5 Å². The first-order valence-electron chi connectivity index (χ1n) is 21.9. The molecular weight excluding hydrogens is 656 g/mol. The molecule has 0 rings (SSSR count). The second-order valence-corrected chi connectivity index (χ2v) is 15.2. The molecule has 306 valence electrons. The van der Waals surface area contributed by atoms with Crippen LogP contribution in [0, 0.1) is 0 Å². The number of ether oxygens (including phenoxy) is 1. The Labute approximate surface area is 319 Å². The van der Waals surface area contributed by atoms with E-state index in [4.69, 9.17) is 14.9 Å². The van der Waals surface area contributed by atoms with Crippen LogP contribution < -0.4 is 10.6 Å². The van der Waals surface area contributed by atoms with E-state index in [1.807, 2.05) is 0 Å². The van der Waals surface area contributed by atoms with Crippen molar-refractivity contribution in [1.29, 1.82) is 0 Å². The molecule has 0 aromatic carbocycles. The molecule has 0 aliphatic rings. The highest BCUT2D eigenvalue weighted by atomic mass is 16.5. The molecule has 0 bridgehead atoms. The number of aliphatic carboxylic acids is 1. The summed E-state index contributed by atoms with van der Waals surface area (Å²) in [6.45, 7) is 3.50. The number of carbonyl (C=O) groups is 4. The summed E-state index contributed by atoms with van der Waals surface area (Å²) in [7, 11) is 0. The number of carbonyl (C=O) groups excluding carboxylic acids is 3. The monoisotopic (exact) mass is 739 g/mol. The molecule has 2 unspecified atom stereocenters. The maximum absolute atomic E-state index is 12.8. The average Bonchev–Trinajstić information content (AvgIpc) is 3.13. The van der Waals surface area contributed by atoms with Crippen LogP contribution in [-0.4, -0.2) is 59.3 Å². The third-order valence-electron chi connectivity index (χ3n) is 10.1. The van der Waals surface area contributed by atoms with Crippen molar-refractivity contribution in [2.24, 2.45) is 0 Å². The molecule has 0 aliphatic carbocycles. The predicted octanol–water partition coefficient (Wildman–Crippen LogP) is 10.5. The molecule has 2 amide bonds. The first-order chi connectivity index (χ1) is 25.3. The normalized spacial score (nSPS) is 12.4. The molecule has 9 heteroatoms. The summed E-state index contributed by atoms with van der Waals surface area (Å²) in [5.74, 6) is -2.27. The van der Waals surface area contributed by atoms with Gasteiger partial charge in [-0.3, -0.25) is 14.4 Å². The fourth-order valence-electron chi connectivity index (χ4n) is 6.72. The molecule has 0 aliphatic heterocycles. The Kier molecular flexibility index (Phi) is 37.0. The highest BCUT2D eigenvalue weighted by molar-refractivity contribution is 5.87. The van der Waals surface area contributed by atoms with Crippen LogP contribution in [0.25, 0.3) is 0 Å². The van der Waals surface area contributed by atoms with Gasteiger partial charge in [0.1, 0.15) is 12.1 Å². The van der Waals surface area contributed by atoms with Gasteiger partial charge >= 0.3 is 11.9 Å². The van der Waals surface area contributed by atoms with Gasteiger partial charge in [-0.25, -0.2) is 4.79 Å². The minimum Gasteiger partial charge on any atom is -0.480 e. The van der Waals surface area contributed by atoms with Crippen LogP contribution in [0.15, 0.2) is 0 Å². The van der Waals surface area contributed by atoms with E-state index in [0.29, 0.717) is 19.3 Å². The zero-order valence-electron chi connectivity index (χ0n) is 33.8. The van der Waals surface area contributed by atoms with E-state index in [9.17, 15) is 19.2 Å². The lowest BCUT2D eigenvalue weighted by Gasteiger charge is -2.18. The average molecular weight is 739 g/mol. The van der Waals surface area contributed by atoms with Gasteiger partial charge in [0, 0.05) is 12.8 Å². The second-order valence-electron chi connectivity index (χ2n) is 15.2. The summed E-state index contributed by atoms with van der Waals surface area (Å²) >= 11 is 0. The molecule has 0 saturated heterocycles. The van der Waals surface area contributed by atoms with Crippen molar-refractivity contribution >= 4 is 23.8 Å². The fourth-order valence-corrected chi connectivity index (χ4v) is 6.72. The molecule has 0 aromatic heterocycles. The van der Waals surface area contributed by atoms with Gasteiger partial charge in [0.25, 0.3) is 0 Å². The lowest BCUT2D eigenvalue weighted by Crippen LogP contribution is -2.47. The van der Waals surface area contributed by atoms with Crippen molar-refractivity contribution in [2.45, 2.75) is 238 Å². The van der Waals surface area contributed by atoms with Crippen molar-refractivity contribution in [1.82, 2.24) is 10.6 Å². The van der Waals surface area contributed by atoms with Crippen molar-refractivity contribution in [3.05, 3.63) is 0 Å². The first kappa shape index (κ1) is 49.8. The van der Waals surface area contributed by atoms with Gasteiger partial charge in [-0.2, -0.15) is 0 Å². The van der Waals surface area contributed by atoms with Crippen LogP contribution >= 0.6 is 0 Å². The Bertz CT molecular complexity index is 853. The van der Waals surface area contributed by atoms with Crippen molar-refractivity contribution < 1.29 is 34.1 Å². The number of unbranched alkanes of at least 4 members (excludes halogenated alkanes) is 26. The summed E-state index contributed by atoms with van der Waals surface area (Å²) in [6.07, 6.45) is 38.4. The van der Waals surface area contributed by atoms with Crippen LogP contribution in [0.5, 0.6) is 0 Å². The van der Waals surface area contributed by atoms with E-state index in [0.717, 1.165) is 57.8 Å². The van der Waals surface area contributed by atoms with E-state index in [-0.39, 0.29) is 24.5 Å². The van der Waals surface area contributed by atoms with Gasteiger partial charge in [0.15, 0.2) is 0 Å². The van der Waals surface area contributed by atoms with Crippen molar-refractivity contribution in [2.75, 3.05) is 13.2 Å². The standard InChI is InChI=1S/C43H82N2O7/c1-3-5-7-9-11-13-15-16-18-19-21-24-28-32-38(52-42(49)35-31-27-22-20-17-14-12-10-8-6-4-2)33-29-25-23-26-30-34-40(47)44-36-41(48)45-39(37-46)43(50)51/h38-39,46H,3-37H2,1-2H3,(H,44,47)(H,45,48)(H,50,51). The summed E-state index contributed by atoms with van der Waals surface area (Å²) in [5.41, 5.74) is 0. The Morgan fingerprint density at radius 1 is 0.500 bits per heavy atom. The van der Waals surface area contributed by atoms with Crippen LogP contribution in [0.3, 0.4) is 0 Å². The smallest absolute Gasteiger partial charge is 0.328 e. The Hall–Kier alpha value is -2.16. The number of aliphatic hydroxyl groups excluding tert-OH is 1. The Balaban J connectivity index is 4.28. The van der Waals surface area contributed by atoms with E-state index >= 15 is 0 Å². The minimum absolute atomic E-state index is 0.00333. The molecule has 0 radical (unpaired) electrons. The number of esters is 1. The number of aliphatic hydroxyl groups is 1. The number of carboxylic acids is 1. The van der Waals surface area contributed by atoms with Crippen LogP contribution in [0.4, 0.5) is 0 Å². The van der Waals surface area contributed by atoms with E-state index in [1.54, 1.807) is 0 Å². The van der Waals surface area contributed by atoms with Crippen LogP contribution in [0.1, 0.15) is 226 Å². The van der Waals surface area contributed by atoms with Crippen molar-refractivity contribution in [3.8, 4) is 0 Å². The van der Waals surface area contributed by atoms with Gasteiger partial charge in [0.2, 0.25) is 11.8 Å². The summed E-state index contributed by atoms with van der Waals surface area (Å²) < 4.78 is 6.03. The highest BCUT2D eigenvalue weighted by Crippen LogP contribution is 2.19. The SMILES string of the molecule is CCCCCCCCCCCCCCCC(CCCCCCCC(=O)NCC(=O)NC(CO)C(=O)O)OC(=O)CCCCCCCCCCCCC. The fraction of sp³-hybridized carbons (Fsp3) is 0.907. The molecule has 2 atom stereocenters. The Morgan fingerprint density at radius 2 is 0.865 bits per heavy atom. The molecule has 0 aromatic rings. The summed E-state index contributed by atoms with van der Waals surface area (Å²) in [6, 6.07) is -1.38. The lowest BCUT2D eigenvalue weighted by atomic mass is 10.0. The molecule has 0 fully saturated rings. The van der Waals surface area contributed by atoms with E-state index in [1.165, 1.54) is 135 Å². The third-order valence-corrected chi connectivity index (χ3v) is 10.1. The molecule has 52 heavy (non-hydrogen) atoms. The van der Waals surface area contributed by atoms with Gasteiger partial charge in [-0.1, -0.05) is 174 Å². The number of amides is 2. The maximum atomic E-state index is 12.8. The van der Waals surface area contributed by atoms with Gasteiger partial charge in [-0.05, 0) is 38.5 Å². The zero-order chi connectivity index (χ0) is 38.3. The maximum Gasteiger partial charge on any atom is 0.328 e. The molecule has 0 saturated carbocycles. The third kappa shape index (κ3) is 34.9. The second kappa shape index (κ2) is 38.6. The summed E-state index contributed by atoms with van der Waals surface area (Å²) in [4.78, 5) is 47.5. The van der Waals surface area contributed by atoms with Crippen molar-refractivity contribution in [3.63, 3.8) is 0 Å². The van der Waals surface area contributed by atoms with E-state index < -0.39 is 24.5 Å². The Morgan fingerprint density at radius 3 is 1.25 bits per heavy atom. The number of hydrogen-bond acceptors (Lipinski definition) is 6. The summed E-state index contributed by atoms with van der Waals surface area (Å²) in [5, 5.41) is 22.5. The number of rotatable bonds is 40. The first-order valence-corrected chi connectivity index (χ1v) is 21.9. The van der Waals surface area contributed by atoms with Crippen LogP contribution in [-0.2, 0) is 23.9 Å². The molecule has 9 nitrogen and oxygen atoms in total. The molecule has 0 spiro atoms. The number of nitrogens with one attached hydrogen (secondary N) is 2. The van der Waals surface area contributed by atoms with Gasteiger partial charge in [0.05, 0.1) is 13.2 Å². The predicted molar refractivity (Wildman–Crippen MR) is 213 cm³/mol. The lowest BCUT2D eigenvalue weighted by molar-refractivity contribution is -0.150. The van der Waals surface area contributed by atoms with Gasteiger partial charge in [-0.15, -0.1) is 0 Å². The zero-order valence-corrected chi connectivity index (χ0v) is 33.8. The number of hydrogen-bond donors (Lipinski definition) is 4. The number of carboxylic acid groups (broad SMARTS) is 1. The highest BCUT2D eigenvalue weighted by Gasteiger charge is 2.19. The quantitative estimate of drug-likeness (QED) is 0.0362. The molecule has 4 N–H and O–H groups in total.